The summed E-state index contributed by atoms with van der Waals surface area (Å²) in [5.74, 6) is -0.196. The fraction of sp³-hybridized carbons (Fsp3) is 0.133. The molecule has 0 unspecified atom stereocenters. The van der Waals surface area contributed by atoms with Gasteiger partial charge in [-0.3, -0.25) is 9.78 Å². The van der Waals surface area contributed by atoms with Crippen LogP contribution in [0.2, 0.25) is 0 Å². The number of aromatic nitrogens is 2. The zero-order valence-corrected chi connectivity index (χ0v) is 12.3. The van der Waals surface area contributed by atoms with Crippen molar-refractivity contribution in [2.24, 2.45) is 0 Å². The van der Waals surface area contributed by atoms with Gasteiger partial charge in [0.05, 0.1) is 17.9 Å². The zero-order valence-electron chi connectivity index (χ0n) is 11.5. The van der Waals surface area contributed by atoms with Crippen molar-refractivity contribution in [2.45, 2.75) is 13.5 Å². The average molecular weight is 298 g/mol. The highest BCUT2D eigenvalue weighted by Gasteiger charge is 2.17. The van der Waals surface area contributed by atoms with Crippen LogP contribution in [0.3, 0.4) is 0 Å². The fourth-order valence-corrected chi connectivity index (χ4v) is 3.07. The van der Waals surface area contributed by atoms with E-state index in [1.54, 1.807) is 6.20 Å². The van der Waals surface area contributed by atoms with Crippen molar-refractivity contribution >= 4 is 33.1 Å². The van der Waals surface area contributed by atoms with Gasteiger partial charge in [-0.15, -0.1) is 11.3 Å². The van der Waals surface area contributed by atoms with E-state index in [9.17, 15) is 4.79 Å². The van der Waals surface area contributed by atoms with Crippen LogP contribution in [0.5, 0.6) is 0 Å². The number of anilines is 1. The topological polar surface area (TPSA) is 80.9 Å². The lowest BCUT2D eigenvalue weighted by molar-refractivity contribution is 0.0955. The molecule has 0 spiro atoms. The van der Waals surface area contributed by atoms with E-state index in [2.05, 4.69) is 15.3 Å². The van der Waals surface area contributed by atoms with Gasteiger partial charge in [-0.05, 0) is 31.2 Å². The molecule has 3 rings (SSSR count). The number of hydrogen-bond acceptors (Lipinski definition) is 5. The molecule has 0 saturated carbocycles. The summed E-state index contributed by atoms with van der Waals surface area (Å²) in [6.07, 6.45) is 1.70. The number of amides is 1. The van der Waals surface area contributed by atoms with Gasteiger partial charge in [-0.1, -0.05) is 6.07 Å². The molecule has 0 atom stereocenters. The summed E-state index contributed by atoms with van der Waals surface area (Å²) in [5.41, 5.74) is 8.25. The van der Waals surface area contributed by atoms with Crippen LogP contribution in [0.15, 0.2) is 36.5 Å². The van der Waals surface area contributed by atoms with E-state index in [1.807, 2.05) is 37.3 Å². The number of aryl methyl sites for hydroxylation is 1. The number of nitrogens with two attached hydrogens (primary N) is 1. The Labute approximate surface area is 125 Å². The highest BCUT2D eigenvalue weighted by atomic mass is 32.1. The Balaban J connectivity index is 1.83. The van der Waals surface area contributed by atoms with Crippen molar-refractivity contribution in [1.82, 2.24) is 15.3 Å². The summed E-state index contributed by atoms with van der Waals surface area (Å²) in [7, 11) is 0. The van der Waals surface area contributed by atoms with E-state index < -0.39 is 0 Å². The van der Waals surface area contributed by atoms with Crippen molar-refractivity contribution in [3.05, 3.63) is 52.8 Å². The van der Waals surface area contributed by atoms with Gasteiger partial charge in [0.2, 0.25) is 0 Å². The van der Waals surface area contributed by atoms with E-state index >= 15 is 0 Å². The van der Waals surface area contributed by atoms with Crippen LogP contribution in [-0.4, -0.2) is 15.9 Å². The predicted molar refractivity (Wildman–Crippen MR) is 84.2 cm³/mol. The maximum Gasteiger partial charge on any atom is 0.263 e. The average Bonchev–Trinajstić information content (AvgIpc) is 2.82. The SMILES string of the molecule is Cc1ccc2c(N)c(C(=O)NCc3ccccn3)sc2n1. The Hall–Kier alpha value is -2.47. The van der Waals surface area contributed by atoms with E-state index in [0.29, 0.717) is 17.1 Å². The van der Waals surface area contributed by atoms with Gasteiger partial charge in [0.25, 0.3) is 5.91 Å². The van der Waals surface area contributed by atoms with Crippen molar-refractivity contribution in [2.75, 3.05) is 5.73 Å². The predicted octanol–water partition coefficient (Wildman–Crippen LogP) is 2.51. The summed E-state index contributed by atoms with van der Waals surface area (Å²) in [6, 6.07) is 9.37. The van der Waals surface area contributed by atoms with Crippen LogP contribution in [0.4, 0.5) is 5.69 Å². The largest absolute Gasteiger partial charge is 0.397 e. The van der Waals surface area contributed by atoms with Crippen molar-refractivity contribution < 1.29 is 4.79 Å². The van der Waals surface area contributed by atoms with Crippen LogP contribution >= 0.6 is 11.3 Å². The summed E-state index contributed by atoms with van der Waals surface area (Å²) >= 11 is 1.31. The van der Waals surface area contributed by atoms with Gasteiger partial charge in [0.15, 0.2) is 0 Å². The number of thiophene rings is 1. The fourth-order valence-electron chi connectivity index (χ4n) is 2.01. The summed E-state index contributed by atoms with van der Waals surface area (Å²) < 4.78 is 0. The van der Waals surface area contributed by atoms with Gasteiger partial charge in [0.1, 0.15) is 9.71 Å². The highest BCUT2D eigenvalue weighted by molar-refractivity contribution is 7.21. The molecule has 3 heterocycles. The number of pyridine rings is 2. The number of fused-ring (bicyclic) bond motifs is 1. The molecule has 0 saturated heterocycles. The zero-order chi connectivity index (χ0) is 14.8. The maximum absolute atomic E-state index is 12.3. The third-order valence-electron chi connectivity index (χ3n) is 3.10. The molecule has 0 fully saturated rings. The molecule has 3 aromatic heterocycles. The Morgan fingerprint density at radius 3 is 2.95 bits per heavy atom. The van der Waals surface area contributed by atoms with Crippen LogP contribution in [0.1, 0.15) is 21.1 Å². The molecule has 21 heavy (non-hydrogen) atoms. The minimum atomic E-state index is -0.196. The van der Waals surface area contributed by atoms with Gasteiger partial charge >= 0.3 is 0 Å². The van der Waals surface area contributed by atoms with Gasteiger partial charge in [-0.2, -0.15) is 0 Å². The van der Waals surface area contributed by atoms with Crippen LogP contribution in [-0.2, 0) is 6.54 Å². The number of carbonyl (C=O) groups is 1. The summed E-state index contributed by atoms with van der Waals surface area (Å²) in [5, 5.41) is 3.66. The number of nitrogen functional groups attached to an aromatic ring is 1. The minimum absolute atomic E-state index is 0.196. The third-order valence-corrected chi connectivity index (χ3v) is 4.21. The lowest BCUT2D eigenvalue weighted by atomic mass is 10.2. The monoisotopic (exact) mass is 298 g/mol. The highest BCUT2D eigenvalue weighted by Crippen LogP contribution is 2.32. The Morgan fingerprint density at radius 2 is 2.19 bits per heavy atom. The molecule has 0 aliphatic carbocycles. The van der Waals surface area contributed by atoms with Crippen LogP contribution in [0, 0.1) is 6.92 Å². The van der Waals surface area contributed by atoms with Crippen molar-refractivity contribution in [3.63, 3.8) is 0 Å². The molecular weight excluding hydrogens is 284 g/mol. The smallest absolute Gasteiger partial charge is 0.263 e. The number of hydrogen-bond donors (Lipinski definition) is 2. The van der Waals surface area contributed by atoms with Gasteiger partial charge in [0, 0.05) is 17.3 Å². The molecule has 3 aromatic rings. The molecule has 0 aromatic carbocycles. The second-order valence-electron chi connectivity index (χ2n) is 4.65. The van der Waals surface area contributed by atoms with Crippen molar-refractivity contribution in [1.29, 1.82) is 0 Å². The van der Waals surface area contributed by atoms with E-state index in [0.717, 1.165) is 21.6 Å². The van der Waals surface area contributed by atoms with E-state index in [1.165, 1.54) is 11.3 Å². The molecule has 106 valence electrons. The molecular formula is C15H14N4OS. The number of nitrogens with zero attached hydrogens (tertiary/aromatic N) is 2. The van der Waals surface area contributed by atoms with Gasteiger partial charge < -0.3 is 11.1 Å². The first-order valence-corrected chi connectivity index (χ1v) is 7.30. The Bertz CT molecular complexity index is 798. The Kier molecular flexibility index (Phi) is 3.53. The molecule has 5 nitrogen and oxygen atoms in total. The van der Waals surface area contributed by atoms with Crippen LogP contribution < -0.4 is 11.1 Å². The summed E-state index contributed by atoms with van der Waals surface area (Å²) in [4.78, 5) is 22.1. The first-order chi connectivity index (χ1) is 10.1. The van der Waals surface area contributed by atoms with Gasteiger partial charge in [-0.25, -0.2) is 4.98 Å². The maximum atomic E-state index is 12.3. The van der Waals surface area contributed by atoms with E-state index in [4.69, 9.17) is 5.73 Å². The number of carbonyl (C=O) groups excluding carboxylic acids is 1. The molecule has 0 radical (unpaired) electrons. The molecule has 0 aliphatic heterocycles. The van der Waals surface area contributed by atoms with E-state index in [-0.39, 0.29) is 5.91 Å². The second-order valence-corrected chi connectivity index (χ2v) is 5.65. The lowest BCUT2D eigenvalue weighted by Gasteiger charge is -2.03. The number of rotatable bonds is 3. The quantitative estimate of drug-likeness (QED) is 0.778. The Morgan fingerprint density at radius 1 is 1.33 bits per heavy atom. The second kappa shape index (κ2) is 5.49. The molecule has 0 bridgehead atoms. The molecule has 1 amide bonds. The molecule has 3 N–H and O–H groups in total. The number of nitrogens with one attached hydrogen (secondary N) is 1. The lowest BCUT2D eigenvalue weighted by Crippen LogP contribution is -2.23. The van der Waals surface area contributed by atoms with Crippen LogP contribution in [0.25, 0.3) is 10.2 Å². The normalized spacial score (nSPS) is 10.7. The first kappa shape index (κ1) is 13.5. The molecule has 6 heteroatoms. The third kappa shape index (κ3) is 2.71. The molecule has 0 aliphatic rings. The standard InChI is InChI=1S/C15H14N4OS/c1-9-5-6-11-12(16)13(21-15(11)19-9)14(20)18-8-10-4-2-3-7-17-10/h2-7H,8,16H2,1H3,(H,18,20). The summed E-state index contributed by atoms with van der Waals surface area (Å²) in [6.45, 7) is 2.29. The first-order valence-electron chi connectivity index (χ1n) is 6.49. The van der Waals surface area contributed by atoms with Crippen molar-refractivity contribution in [3.8, 4) is 0 Å². The minimum Gasteiger partial charge on any atom is -0.397 e.